The van der Waals surface area contributed by atoms with Gasteiger partial charge in [-0.2, -0.15) is 5.26 Å². The molecule has 8 heteroatoms. The molecule has 1 aliphatic rings. The van der Waals surface area contributed by atoms with Gasteiger partial charge in [0.25, 0.3) is 0 Å². The lowest BCUT2D eigenvalue weighted by Crippen LogP contribution is -2.35. The Morgan fingerprint density at radius 2 is 1.88 bits per heavy atom. The van der Waals surface area contributed by atoms with E-state index in [-0.39, 0.29) is 13.0 Å². The first-order valence-electron chi connectivity index (χ1n) is 8.38. The maximum atomic E-state index is 12.1. The third-order valence-electron chi connectivity index (χ3n) is 4.16. The summed E-state index contributed by atoms with van der Waals surface area (Å²) in [5.74, 6) is -1.17. The molecular formula is C17H24N4O3S. The lowest BCUT2D eigenvalue weighted by Gasteiger charge is -2.28. The summed E-state index contributed by atoms with van der Waals surface area (Å²) in [7, 11) is -2.29. The van der Waals surface area contributed by atoms with Crippen LogP contribution in [0.1, 0.15) is 25.7 Å². The van der Waals surface area contributed by atoms with E-state index in [1.165, 1.54) is 31.2 Å². The van der Waals surface area contributed by atoms with E-state index >= 15 is 0 Å². The van der Waals surface area contributed by atoms with Crippen molar-refractivity contribution in [3.05, 3.63) is 24.3 Å². The Morgan fingerprint density at radius 3 is 2.48 bits per heavy atom. The molecule has 1 aromatic carbocycles. The minimum absolute atomic E-state index is 0.174. The van der Waals surface area contributed by atoms with Crippen LogP contribution in [0.4, 0.5) is 11.4 Å². The minimum Gasteiger partial charge on any atom is -0.372 e. The molecule has 136 valence electrons. The second kappa shape index (κ2) is 8.72. The maximum Gasteiger partial charge on any atom is 0.241 e. The molecule has 0 unspecified atom stereocenters. The zero-order valence-electron chi connectivity index (χ0n) is 14.4. The van der Waals surface area contributed by atoms with Gasteiger partial charge in [-0.25, -0.2) is 8.42 Å². The Hall–Kier alpha value is -2.27. The fraction of sp³-hybridized carbons (Fsp3) is 0.529. The SMILES string of the molecule is CN(CCC#N)C(=O)CS(=O)(=O)Nc1ccc(N2CCCCC2)cc1. The Kier molecular flexibility index (Phi) is 6.65. The number of nitrogens with zero attached hydrogens (tertiary/aromatic N) is 3. The summed E-state index contributed by atoms with van der Waals surface area (Å²) in [6.45, 7) is 2.26. The lowest BCUT2D eigenvalue weighted by atomic mass is 10.1. The lowest BCUT2D eigenvalue weighted by molar-refractivity contribution is -0.127. The summed E-state index contributed by atoms with van der Waals surface area (Å²) in [5, 5.41) is 8.52. The molecule has 0 spiro atoms. The molecule has 1 saturated heterocycles. The van der Waals surface area contributed by atoms with Crippen LogP contribution in [0.3, 0.4) is 0 Å². The smallest absolute Gasteiger partial charge is 0.241 e. The number of nitriles is 1. The van der Waals surface area contributed by atoms with Crippen molar-refractivity contribution < 1.29 is 13.2 Å². The number of hydrogen-bond acceptors (Lipinski definition) is 5. The highest BCUT2D eigenvalue weighted by Crippen LogP contribution is 2.22. The van der Waals surface area contributed by atoms with Crippen LogP contribution in [0.5, 0.6) is 0 Å². The van der Waals surface area contributed by atoms with Crippen LogP contribution in [0, 0.1) is 11.3 Å². The minimum atomic E-state index is -3.78. The van der Waals surface area contributed by atoms with Gasteiger partial charge in [0, 0.05) is 38.1 Å². The molecule has 0 saturated carbocycles. The normalized spacial score (nSPS) is 14.6. The van der Waals surface area contributed by atoms with Crippen LogP contribution in [-0.2, 0) is 14.8 Å². The van der Waals surface area contributed by atoms with Gasteiger partial charge in [0.15, 0.2) is 0 Å². The molecule has 0 aliphatic carbocycles. The van der Waals surface area contributed by atoms with E-state index in [9.17, 15) is 13.2 Å². The Balaban J connectivity index is 1.93. The average molecular weight is 364 g/mol. The zero-order chi connectivity index (χ0) is 18.3. The molecule has 1 aliphatic heterocycles. The van der Waals surface area contributed by atoms with E-state index in [4.69, 9.17) is 5.26 Å². The monoisotopic (exact) mass is 364 g/mol. The van der Waals surface area contributed by atoms with Crippen LogP contribution in [-0.4, -0.2) is 51.7 Å². The molecule has 2 rings (SSSR count). The van der Waals surface area contributed by atoms with Gasteiger partial charge in [-0.05, 0) is 43.5 Å². The summed E-state index contributed by atoms with van der Waals surface area (Å²) in [6, 6.07) is 9.14. The van der Waals surface area contributed by atoms with Crippen molar-refractivity contribution in [3.8, 4) is 6.07 Å². The van der Waals surface area contributed by atoms with Crippen LogP contribution in [0.25, 0.3) is 0 Å². The topological polar surface area (TPSA) is 93.5 Å². The van der Waals surface area contributed by atoms with E-state index in [1.807, 2.05) is 18.2 Å². The molecule has 25 heavy (non-hydrogen) atoms. The highest BCUT2D eigenvalue weighted by atomic mass is 32.2. The molecule has 0 radical (unpaired) electrons. The first-order chi connectivity index (χ1) is 11.9. The van der Waals surface area contributed by atoms with Crippen LogP contribution < -0.4 is 9.62 Å². The molecule has 0 atom stereocenters. The maximum absolute atomic E-state index is 12.1. The molecule has 1 aromatic rings. The van der Waals surface area contributed by atoms with Crippen molar-refractivity contribution in [2.45, 2.75) is 25.7 Å². The number of anilines is 2. The van der Waals surface area contributed by atoms with E-state index in [0.29, 0.717) is 5.69 Å². The Morgan fingerprint density at radius 1 is 1.24 bits per heavy atom. The third-order valence-corrected chi connectivity index (χ3v) is 5.33. The largest absolute Gasteiger partial charge is 0.372 e. The molecule has 1 N–H and O–H groups in total. The predicted molar refractivity (Wildman–Crippen MR) is 97.8 cm³/mol. The molecular weight excluding hydrogens is 340 g/mol. The van der Waals surface area contributed by atoms with Gasteiger partial charge >= 0.3 is 0 Å². The molecule has 0 bridgehead atoms. The average Bonchev–Trinajstić information content (AvgIpc) is 2.60. The van der Waals surface area contributed by atoms with Crippen molar-refractivity contribution >= 4 is 27.3 Å². The second-order valence-electron chi connectivity index (χ2n) is 6.18. The van der Waals surface area contributed by atoms with Gasteiger partial charge in [-0.1, -0.05) is 0 Å². The first kappa shape index (κ1) is 19.1. The van der Waals surface area contributed by atoms with Gasteiger partial charge in [-0.15, -0.1) is 0 Å². The number of nitrogens with one attached hydrogen (secondary N) is 1. The van der Waals surface area contributed by atoms with E-state index < -0.39 is 21.7 Å². The molecule has 1 amide bonds. The summed E-state index contributed by atoms with van der Waals surface area (Å²) in [6.07, 6.45) is 3.78. The summed E-state index contributed by atoms with van der Waals surface area (Å²) < 4.78 is 26.7. The number of hydrogen-bond donors (Lipinski definition) is 1. The first-order valence-corrected chi connectivity index (χ1v) is 10.0. The van der Waals surface area contributed by atoms with Crippen molar-refractivity contribution in [1.29, 1.82) is 5.26 Å². The third kappa shape index (κ3) is 5.94. The molecule has 1 heterocycles. The Bertz CT molecular complexity index is 719. The van der Waals surface area contributed by atoms with Crippen LogP contribution in [0.15, 0.2) is 24.3 Å². The van der Waals surface area contributed by atoms with E-state index in [2.05, 4.69) is 9.62 Å². The van der Waals surface area contributed by atoms with Crippen molar-refractivity contribution in [2.24, 2.45) is 0 Å². The molecule has 1 fully saturated rings. The van der Waals surface area contributed by atoms with Gasteiger partial charge in [0.05, 0.1) is 12.5 Å². The van der Waals surface area contributed by atoms with Gasteiger partial charge < -0.3 is 9.80 Å². The fourth-order valence-corrected chi connectivity index (χ4v) is 3.84. The number of piperidine rings is 1. The quantitative estimate of drug-likeness (QED) is 0.796. The van der Waals surface area contributed by atoms with E-state index in [0.717, 1.165) is 18.8 Å². The highest BCUT2D eigenvalue weighted by Gasteiger charge is 2.19. The van der Waals surface area contributed by atoms with E-state index in [1.54, 1.807) is 12.1 Å². The second-order valence-corrected chi connectivity index (χ2v) is 7.90. The number of amides is 1. The van der Waals surface area contributed by atoms with Crippen LogP contribution >= 0.6 is 0 Å². The number of carbonyl (C=O) groups excluding carboxylic acids is 1. The van der Waals surface area contributed by atoms with Crippen molar-refractivity contribution in [1.82, 2.24) is 4.90 Å². The molecule has 7 nitrogen and oxygen atoms in total. The fourth-order valence-electron chi connectivity index (χ4n) is 2.72. The number of benzene rings is 1. The summed E-state index contributed by atoms with van der Waals surface area (Å²) in [4.78, 5) is 15.4. The summed E-state index contributed by atoms with van der Waals surface area (Å²) >= 11 is 0. The highest BCUT2D eigenvalue weighted by molar-refractivity contribution is 7.93. The van der Waals surface area contributed by atoms with Crippen LogP contribution in [0.2, 0.25) is 0 Å². The molecule has 0 aromatic heterocycles. The van der Waals surface area contributed by atoms with Gasteiger partial charge in [0.1, 0.15) is 5.75 Å². The van der Waals surface area contributed by atoms with Gasteiger partial charge in [0.2, 0.25) is 15.9 Å². The number of sulfonamides is 1. The zero-order valence-corrected chi connectivity index (χ0v) is 15.3. The predicted octanol–water partition coefficient (Wildman–Crippen LogP) is 1.79. The van der Waals surface area contributed by atoms with Crippen molar-refractivity contribution in [3.63, 3.8) is 0 Å². The summed E-state index contributed by atoms with van der Waals surface area (Å²) in [5.41, 5.74) is 1.52. The standard InChI is InChI=1S/C17H24N4O3S/c1-20(11-5-10-18)17(22)14-25(23,24)19-15-6-8-16(9-7-15)21-12-3-2-4-13-21/h6-9,19H,2-5,11-14H2,1H3. The number of carbonyl (C=O) groups is 1. The van der Waals surface area contributed by atoms with Crippen molar-refractivity contribution in [2.75, 3.05) is 42.1 Å². The Labute approximate surface area is 149 Å². The number of rotatable bonds is 7. The van der Waals surface area contributed by atoms with Gasteiger partial charge in [-0.3, -0.25) is 9.52 Å².